The van der Waals surface area contributed by atoms with Crippen LogP contribution in [0, 0.1) is 0 Å². The van der Waals surface area contributed by atoms with Gasteiger partial charge in [0, 0.05) is 12.4 Å². The number of nitrogens with zero attached hydrogens (tertiary/aromatic N) is 2. The van der Waals surface area contributed by atoms with E-state index in [1.165, 1.54) is 5.56 Å². The standard InChI is InChI=1S/C22H23N3O4/c23-29-22(21(26)27)28-14-11-19(18-9-5-2-6-10-18)20(25-13-12-24-16-25)15-17-7-3-1-4-8-17/h1-13,16,20,22H,14-15,23H2,(H,26,27). The molecule has 0 radical (unpaired) electrons. The fourth-order valence-electron chi connectivity index (χ4n) is 3.14. The van der Waals surface area contributed by atoms with Crippen LogP contribution < -0.4 is 5.90 Å². The molecule has 0 saturated carbocycles. The first-order valence-corrected chi connectivity index (χ1v) is 9.16. The zero-order valence-corrected chi connectivity index (χ0v) is 15.8. The Hall–Kier alpha value is -3.26. The summed E-state index contributed by atoms with van der Waals surface area (Å²) < 4.78 is 7.30. The van der Waals surface area contributed by atoms with Gasteiger partial charge in [0.25, 0.3) is 6.29 Å². The Kier molecular flexibility index (Phi) is 7.29. The molecule has 2 atom stereocenters. The number of benzene rings is 2. The van der Waals surface area contributed by atoms with Crippen LogP contribution in [0.25, 0.3) is 5.57 Å². The van der Waals surface area contributed by atoms with Gasteiger partial charge < -0.3 is 14.4 Å². The van der Waals surface area contributed by atoms with E-state index >= 15 is 0 Å². The molecular formula is C22H23N3O4. The fraction of sp³-hybridized carbons (Fsp3) is 0.182. The topological polar surface area (TPSA) is 99.6 Å². The van der Waals surface area contributed by atoms with Crippen LogP contribution in [0.2, 0.25) is 0 Å². The summed E-state index contributed by atoms with van der Waals surface area (Å²) in [5.41, 5.74) is 3.16. The summed E-state index contributed by atoms with van der Waals surface area (Å²) in [5.74, 6) is 3.72. The van der Waals surface area contributed by atoms with E-state index in [9.17, 15) is 4.79 Å². The van der Waals surface area contributed by atoms with E-state index in [0.29, 0.717) is 0 Å². The minimum Gasteiger partial charge on any atom is -0.477 e. The Labute approximate surface area is 169 Å². The summed E-state index contributed by atoms with van der Waals surface area (Å²) in [6, 6.07) is 20.0. The maximum atomic E-state index is 11.1. The lowest BCUT2D eigenvalue weighted by Crippen LogP contribution is -2.30. The number of aliphatic carboxylic acids is 1. The second-order valence-corrected chi connectivity index (χ2v) is 6.38. The lowest BCUT2D eigenvalue weighted by molar-refractivity contribution is -0.187. The van der Waals surface area contributed by atoms with Crippen molar-refractivity contribution in [3.63, 3.8) is 0 Å². The predicted octanol–water partition coefficient (Wildman–Crippen LogP) is 3.07. The molecule has 1 heterocycles. The summed E-state index contributed by atoms with van der Waals surface area (Å²) in [7, 11) is 0. The van der Waals surface area contributed by atoms with Crippen molar-refractivity contribution in [2.75, 3.05) is 6.61 Å². The molecular weight excluding hydrogens is 370 g/mol. The summed E-state index contributed by atoms with van der Waals surface area (Å²) in [6.07, 6.45) is 6.48. The number of carboxylic acid groups (broad SMARTS) is 1. The molecule has 0 spiro atoms. The second kappa shape index (κ2) is 10.3. The smallest absolute Gasteiger partial charge is 0.362 e. The maximum absolute atomic E-state index is 11.1. The van der Waals surface area contributed by atoms with Crippen molar-refractivity contribution in [2.24, 2.45) is 5.90 Å². The average Bonchev–Trinajstić information content (AvgIpc) is 3.28. The number of hydrogen-bond acceptors (Lipinski definition) is 5. The van der Waals surface area contributed by atoms with Gasteiger partial charge in [-0.3, -0.25) is 4.84 Å². The molecule has 0 amide bonds. The molecule has 0 saturated heterocycles. The van der Waals surface area contributed by atoms with E-state index in [-0.39, 0.29) is 12.6 Å². The summed E-state index contributed by atoms with van der Waals surface area (Å²) in [5, 5.41) is 9.05. The highest BCUT2D eigenvalue weighted by Crippen LogP contribution is 2.31. The Morgan fingerprint density at radius 2 is 1.83 bits per heavy atom. The third kappa shape index (κ3) is 5.61. The van der Waals surface area contributed by atoms with Gasteiger partial charge in [-0.25, -0.2) is 15.7 Å². The Bertz CT molecular complexity index is 912. The molecule has 7 nitrogen and oxygen atoms in total. The number of aromatic nitrogens is 2. The lowest BCUT2D eigenvalue weighted by atomic mass is 9.92. The normalized spacial score (nSPS) is 13.8. The second-order valence-electron chi connectivity index (χ2n) is 6.38. The van der Waals surface area contributed by atoms with Crippen molar-refractivity contribution in [3.8, 4) is 0 Å². The van der Waals surface area contributed by atoms with Crippen LogP contribution in [0.5, 0.6) is 0 Å². The van der Waals surface area contributed by atoms with Gasteiger partial charge in [-0.15, -0.1) is 0 Å². The van der Waals surface area contributed by atoms with Gasteiger partial charge in [-0.1, -0.05) is 66.7 Å². The minimum absolute atomic E-state index is 0.0262. The zero-order chi connectivity index (χ0) is 20.5. The van der Waals surface area contributed by atoms with E-state index in [4.69, 9.17) is 15.7 Å². The maximum Gasteiger partial charge on any atom is 0.362 e. The molecule has 0 aliphatic rings. The van der Waals surface area contributed by atoms with Crippen molar-refractivity contribution in [2.45, 2.75) is 18.8 Å². The summed E-state index contributed by atoms with van der Waals surface area (Å²) in [4.78, 5) is 19.6. The molecule has 0 fully saturated rings. The molecule has 7 heteroatoms. The SMILES string of the molecule is NOC(OCC=C(c1ccccc1)C(Cc1ccccc1)n1ccnc1)C(=O)O. The Morgan fingerprint density at radius 1 is 1.14 bits per heavy atom. The van der Waals surface area contributed by atoms with Gasteiger partial charge >= 0.3 is 5.97 Å². The van der Waals surface area contributed by atoms with Gasteiger partial charge in [0.05, 0.1) is 19.0 Å². The van der Waals surface area contributed by atoms with Crippen LogP contribution in [0.3, 0.4) is 0 Å². The monoisotopic (exact) mass is 393 g/mol. The number of allylic oxidation sites excluding steroid dienone is 1. The highest BCUT2D eigenvalue weighted by molar-refractivity contribution is 5.71. The first-order chi connectivity index (χ1) is 14.2. The molecule has 29 heavy (non-hydrogen) atoms. The molecule has 3 aromatic rings. The Balaban J connectivity index is 1.94. The third-order valence-corrected chi connectivity index (χ3v) is 4.50. The van der Waals surface area contributed by atoms with E-state index in [2.05, 4.69) is 22.0 Å². The van der Waals surface area contributed by atoms with E-state index in [0.717, 1.165) is 17.6 Å². The first-order valence-electron chi connectivity index (χ1n) is 9.16. The highest BCUT2D eigenvalue weighted by Gasteiger charge is 2.20. The largest absolute Gasteiger partial charge is 0.477 e. The molecule has 3 rings (SSSR count). The number of rotatable bonds is 10. The average molecular weight is 393 g/mol. The van der Waals surface area contributed by atoms with Crippen LogP contribution in [-0.2, 0) is 20.8 Å². The highest BCUT2D eigenvalue weighted by atomic mass is 16.8. The van der Waals surface area contributed by atoms with E-state index < -0.39 is 12.3 Å². The Morgan fingerprint density at radius 3 is 2.41 bits per heavy atom. The van der Waals surface area contributed by atoms with Crippen molar-refractivity contribution in [1.29, 1.82) is 0 Å². The molecule has 0 aliphatic carbocycles. The first kappa shape index (κ1) is 20.5. The molecule has 0 bridgehead atoms. The number of imidazole rings is 1. The van der Waals surface area contributed by atoms with Crippen molar-refractivity contribution < 1.29 is 19.5 Å². The van der Waals surface area contributed by atoms with Crippen molar-refractivity contribution in [1.82, 2.24) is 9.55 Å². The number of carboxylic acids is 1. The molecule has 1 aromatic heterocycles. The van der Waals surface area contributed by atoms with Crippen molar-refractivity contribution >= 4 is 11.5 Å². The van der Waals surface area contributed by atoms with Crippen LogP contribution in [0.4, 0.5) is 0 Å². The van der Waals surface area contributed by atoms with Gasteiger partial charge in [-0.05, 0) is 23.1 Å². The van der Waals surface area contributed by atoms with Crippen LogP contribution in [0.1, 0.15) is 17.2 Å². The third-order valence-electron chi connectivity index (χ3n) is 4.50. The van der Waals surface area contributed by atoms with Crippen LogP contribution >= 0.6 is 0 Å². The number of carbonyl (C=O) groups is 1. The van der Waals surface area contributed by atoms with Gasteiger partial charge in [0.15, 0.2) is 0 Å². The lowest BCUT2D eigenvalue weighted by Gasteiger charge is -2.23. The number of hydrogen-bond donors (Lipinski definition) is 2. The van der Waals surface area contributed by atoms with Crippen molar-refractivity contribution in [3.05, 3.63) is 96.6 Å². The van der Waals surface area contributed by atoms with E-state index in [1.807, 2.05) is 65.4 Å². The minimum atomic E-state index is -1.52. The zero-order valence-electron chi connectivity index (χ0n) is 15.8. The molecule has 2 aromatic carbocycles. The van der Waals surface area contributed by atoms with Gasteiger partial charge in [0.1, 0.15) is 0 Å². The van der Waals surface area contributed by atoms with Crippen LogP contribution in [0.15, 0.2) is 85.5 Å². The molecule has 150 valence electrons. The quantitative estimate of drug-likeness (QED) is 0.406. The van der Waals surface area contributed by atoms with Gasteiger partial charge in [0.2, 0.25) is 0 Å². The molecule has 3 N–H and O–H groups in total. The molecule has 0 aliphatic heterocycles. The number of nitrogens with two attached hydrogens (primary N) is 1. The van der Waals surface area contributed by atoms with Gasteiger partial charge in [-0.2, -0.15) is 0 Å². The van der Waals surface area contributed by atoms with Crippen LogP contribution in [-0.4, -0.2) is 33.5 Å². The predicted molar refractivity (Wildman–Crippen MR) is 108 cm³/mol. The van der Waals surface area contributed by atoms with E-state index in [1.54, 1.807) is 12.5 Å². The molecule has 2 unspecified atom stereocenters. The summed E-state index contributed by atoms with van der Waals surface area (Å²) >= 11 is 0. The summed E-state index contributed by atoms with van der Waals surface area (Å²) in [6.45, 7) is 0.0262. The number of ether oxygens (including phenoxy) is 1. The fourth-order valence-corrected chi connectivity index (χ4v) is 3.14.